The molecule has 0 aromatic heterocycles. The van der Waals surface area contributed by atoms with Crippen molar-refractivity contribution in [1.82, 2.24) is 5.32 Å². The molecule has 1 unspecified atom stereocenters. The quantitative estimate of drug-likeness (QED) is 0.734. The van der Waals surface area contributed by atoms with Crippen molar-refractivity contribution in [2.45, 2.75) is 41.1 Å². The summed E-state index contributed by atoms with van der Waals surface area (Å²) in [6.45, 7) is 1.81. The lowest BCUT2D eigenvalue weighted by Crippen LogP contribution is -2.55. The van der Waals surface area contributed by atoms with E-state index in [0.29, 0.717) is 16.7 Å². The van der Waals surface area contributed by atoms with Crippen molar-refractivity contribution >= 4 is 27.5 Å². The molecule has 1 aromatic carbocycles. The van der Waals surface area contributed by atoms with Crippen molar-refractivity contribution < 1.29 is 13.2 Å². The summed E-state index contributed by atoms with van der Waals surface area (Å²) in [6, 6.07) is 7.04. The van der Waals surface area contributed by atoms with Gasteiger partial charge in [0.05, 0.1) is 4.90 Å². The number of hydrogen-bond acceptors (Lipinski definition) is 5. The number of primary amides is 1. The van der Waals surface area contributed by atoms with Crippen LogP contribution in [0.15, 0.2) is 34.1 Å². The van der Waals surface area contributed by atoms with Crippen LogP contribution in [-0.4, -0.2) is 37.9 Å². The highest BCUT2D eigenvalue weighted by Gasteiger charge is 2.36. The summed E-state index contributed by atoms with van der Waals surface area (Å²) in [7, 11) is -3.18. The SMILES string of the molecule is CC(CSc1ccc(S(C)(=O)=O)cc1)(NC1CC1)C(N)=O. The van der Waals surface area contributed by atoms with Gasteiger partial charge in [-0.25, -0.2) is 8.42 Å². The molecule has 1 aliphatic carbocycles. The van der Waals surface area contributed by atoms with E-state index in [1.54, 1.807) is 24.3 Å². The van der Waals surface area contributed by atoms with Crippen LogP contribution >= 0.6 is 11.8 Å². The highest BCUT2D eigenvalue weighted by Crippen LogP contribution is 2.28. The first-order chi connectivity index (χ1) is 9.71. The number of nitrogens with two attached hydrogens (primary N) is 1. The van der Waals surface area contributed by atoms with Crippen LogP contribution in [0.25, 0.3) is 0 Å². The molecule has 1 amide bonds. The van der Waals surface area contributed by atoms with Gasteiger partial charge >= 0.3 is 0 Å². The first-order valence-electron chi connectivity index (χ1n) is 6.71. The molecule has 2 rings (SSSR count). The topological polar surface area (TPSA) is 89.3 Å². The molecule has 3 N–H and O–H groups in total. The van der Waals surface area contributed by atoms with Crippen LogP contribution < -0.4 is 11.1 Å². The number of nitrogens with one attached hydrogen (secondary N) is 1. The number of sulfone groups is 1. The zero-order chi connectivity index (χ0) is 15.7. The Labute approximate surface area is 129 Å². The molecule has 1 atom stereocenters. The van der Waals surface area contributed by atoms with Gasteiger partial charge in [0.25, 0.3) is 0 Å². The Morgan fingerprint density at radius 3 is 2.38 bits per heavy atom. The molecule has 1 saturated carbocycles. The third-order valence-electron chi connectivity index (χ3n) is 3.42. The molecule has 0 bridgehead atoms. The molecule has 0 saturated heterocycles. The fourth-order valence-electron chi connectivity index (χ4n) is 1.87. The summed E-state index contributed by atoms with van der Waals surface area (Å²) in [5.74, 6) is 0.145. The van der Waals surface area contributed by atoms with Crippen molar-refractivity contribution in [2.75, 3.05) is 12.0 Å². The fraction of sp³-hybridized carbons (Fsp3) is 0.500. The largest absolute Gasteiger partial charge is 0.368 e. The normalized spacial score (nSPS) is 18.2. The van der Waals surface area contributed by atoms with Gasteiger partial charge in [0.2, 0.25) is 5.91 Å². The first kappa shape index (κ1) is 16.3. The van der Waals surface area contributed by atoms with Crippen LogP contribution in [0.2, 0.25) is 0 Å². The van der Waals surface area contributed by atoms with Crippen molar-refractivity contribution in [3.63, 3.8) is 0 Å². The maximum Gasteiger partial charge on any atom is 0.238 e. The summed E-state index contributed by atoms with van der Waals surface area (Å²) in [5, 5.41) is 3.28. The van der Waals surface area contributed by atoms with Gasteiger partial charge in [0.1, 0.15) is 5.54 Å². The maximum absolute atomic E-state index is 11.7. The van der Waals surface area contributed by atoms with Crippen LogP contribution in [0.5, 0.6) is 0 Å². The van der Waals surface area contributed by atoms with E-state index in [2.05, 4.69) is 5.32 Å². The Morgan fingerprint density at radius 1 is 1.38 bits per heavy atom. The highest BCUT2D eigenvalue weighted by molar-refractivity contribution is 7.99. The lowest BCUT2D eigenvalue weighted by atomic mass is 10.1. The second-order valence-corrected chi connectivity index (χ2v) is 8.71. The van der Waals surface area contributed by atoms with E-state index in [0.717, 1.165) is 17.7 Å². The Bertz CT molecular complexity index is 624. The molecule has 0 radical (unpaired) electrons. The fourth-order valence-corrected chi connectivity index (χ4v) is 3.51. The predicted molar refractivity (Wildman–Crippen MR) is 84.0 cm³/mol. The molecular weight excluding hydrogens is 308 g/mol. The average Bonchev–Trinajstić information content (AvgIpc) is 3.19. The van der Waals surface area contributed by atoms with E-state index in [4.69, 9.17) is 5.73 Å². The van der Waals surface area contributed by atoms with E-state index < -0.39 is 15.4 Å². The molecule has 1 aliphatic rings. The van der Waals surface area contributed by atoms with Crippen LogP contribution in [-0.2, 0) is 14.6 Å². The molecule has 116 valence electrons. The van der Waals surface area contributed by atoms with Crippen LogP contribution in [0, 0.1) is 0 Å². The molecule has 21 heavy (non-hydrogen) atoms. The number of benzene rings is 1. The van der Waals surface area contributed by atoms with E-state index >= 15 is 0 Å². The molecular formula is C14H20N2O3S2. The van der Waals surface area contributed by atoms with Crippen LogP contribution in [0.1, 0.15) is 19.8 Å². The van der Waals surface area contributed by atoms with Gasteiger partial charge in [0.15, 0.2) is 9.84 Å². The minimum absolute atomic E-state index is 0.292. The average molecular weight is 328 g/mol. The third kappa shape index (κ3) is 4.46. The van der Waals surface area contributed by atoms with Crippen molar-refractivity contribution in [2.24, 2.45) is 5.73 Å². The lowest BCUT2D eigenvalue weighted by molar-refractivity contribution is -0.123. The Hall–Kier alpha value is -1.05. The van der Waals surface area contributed by atoms with Gasteiger partial charge in [-0.15, -0.1) is 11.8 Å². The second kappa shape index (κ2) is 5.98. The third-order valence-corrected chi connectivity index (χ3v) is 5.88. The number of hydrogen-bond donors (Lipinski definition) is 2. The van der Waals surface area contributed by atoms with Crippen molar-refractivity contribution in [3.8, 4) is 0 Å². The first-order valence-corrected chi connectivity index (χ1v) is 9.59. The molecule has 0 spiro atoms. The Morgan fingerprint density at radius 2 is 1.95 bits per heavy atom. The summed E-state index contributed by atoms with van der Waals surface area (Å²) in [5.41, 5.74) is 4.75. The van der Waals surface area contributed by atoms with Crippen molar-refractivity contribution in [3.05, 3.63) is 24.3 Å². The summed E-state index contributed by atoms with van der Waals surface area (Å²) in [4.78, 5) is 12.9. The molecule has 7 heteroatoms. The summed E-state index contributed by atoms with van der Waals surface area (Å²) >= 11 is 1.49. The van der Waals surface area contributed by atoms with E-state index in [1.807, 2.05) is 6.92 Å². The number of carbonyl (C=O) groups is 1. The lowest BCUT2D eigenvalue weighted by Gasteiger charge is -2.27. The summed E-state index contributed by atoms with van der Waals surface area (Å²) < 4.78 is 22.8. The zero-order valence-electron chi connectivity index (χ0n) is 12.1. The van der Waals surface area contributed by atoms with Gasteiger partial charge in [-0.2, -0.15) is 0 Å². The molecule has 0 aliphatic heterocycles. The minimum Gasteiger partial charge on any atom is -0.368 e. The minimum atomic E-state index is -3.18. The van der Waals surface area contributed by atoms with Crippen LogP contribution in [0.3, 0.4) is 0 Å². The predicted octanol–water partition coefficient (Wildman–Crippen LogP) is 1.18. The van der Waals surface area contributed by atoms with E-state index in [-0.39, 0.29) is 5.91 Å². The Kier molecular flexibility index (Phi) is 4.65. The van der Waals surface area contributed by atoms with Gasteiger partial charge in [-0.05, 0) is 44.0 Å². The van der Waals surface area contributed by atoms with Gasteiger partial charge in [0, 0.05) is 22.9 Å². The smallest absolute Gasteiger partial charge is 0.238 e. The van der Waals surface area contributed by atoms with Gasteiger partial charge in [-0.3, -0.25) is 4.79 Å². The van der Waals surface area contributed by atoms with Crippen molar-refractivity contribution in [1.29, 1.82) is 0 Å². The zero-order valence-corrected chi connectivity index (χ0v) is 13.8. The standard InChI is InChI=1S/C14H20N2O3S2/c1-14(13(15)17,16-10-3-4-10)9-20-11-5-7-12(8-6-11)21(2,18)19/h5-8,10,16H,3-4,9H2,1-2H3,(H2,15,17). The maximum atomic E-state index is 11.7. The van der Waals surface area contributed by atoms with Crippen LogP contribution in [0.4, 0.5) is 0 Å². The molecule has 0 heterocycles. The monoisotopic (exact) mass is 328 g/mol. The number of thioether (sulfide) groups is 1. The number of rotatable bonds is 7. The van der Waals surface area contributed by atoms with E-state index in [1.165, 1.54) is 18.0 Å². The van der Waals surface area contributed by atoms with Gasteiger partial charge < -0.3 is 11.1 Å². The Balaban J connectivity index is 2.02. The summed E-state index contributed by atoms with van der Waals surface area (Å²) in [6.07, 6.45) is 3.34. The molecule has 5 nitrogen and oxygen atoms in total. The molecule has 1 fully saturated rings. The number of carbonyl (C=O) groups excluding carboxylic acids is 1. The second-order valence-electron chi connectivity index (χ2n) is 5.65. The van der Waals surface area contributed by atoms with E-state index in [9.17, 15) is 13.2 Å². The van der Waals surface area contributed by atoms with Gasteiger partial charge in [-0.1, -0.05) is 0 Å². The molecule has 1 aromatic rings. The highest BCUT2D eigenvalue weighted by atomic mass is 32.2. The number of amides is 1.